The molecule has 1 unspecified atom stereocenters. The Balaban J connectivity index is 0.00000220. The van der Waals surface area contributed by atoms with Gasteiger partial charge in [-0.05, 0) is 31.4 Å². The summed E-state index contributed by atoms with van der Waals surface area (Å²) in [6.45, 7) is 5.15. The summed E-state index contributed by atoms with van der Waals surface area (Å²) < 4.78 is 26.6. The van der Waals surface area contributed by atoms with Gasteiger partial charge >= 0.3 is 0 Å². The maximum atomic E-state index is 13.7. The van der Waals surface area contributed by atoms with E-state index in [4.69, 9.17) is 0 Å². The van der Waals surface area contributed by atoms with Crippen LogP contribution in [0, 0.1) is 11.6 Å². The Labute approximate surface area is 141 Å². The first-order valence-electron chi connectivity index (χ1n) is 7.10. The van der Waals surface area contributed by atoms with Gasteiger partial charge in [0.15, 0.2) is 5.96 Å². The van der Waals surface area contributed by atoms with Gasteiger partial charge in [0.05, 0.1) is 0 Å². The van der Waals surface area contributed by atoms with E-state index >= 15 is 0 Å². The molecule has 0 spiro atoms. The lowest BCUT2D eigenvalue weighted by molar-refractivity contribution is 0.560. The first-order chi connectivity index (χ1) is 9.60. The van der Waals surface area contributed by atoms with Crippen LogP contribution in [0.2, 0.25) is 0 Å². The summed E-state index contributed by atoms with van der Waals surface area (Å²) >= 11 is 0. The van der Waals surface area contributed by atoms with Gasteiger partial charge in [0, 0.05) is 31.1 Å². The highest BCUT2D eigenvalue weighted by molar-refractivity contribution is 14.0. The van der Waals surface area contributed by atoms with Crippen molar-refractivity contribution >= 4 is 29.9 Å². The Morgan fingerprint density at radius 1 is 1.38 bits per heavy atom. The number of aliphatic imine (C=N–C) groups is 1. The Bertz CT molecular complexity index is 490. The number of hydrogen-bond donors (Lipinski definition) is 2. The lowest BCUT2D eigenvalue weighted by atomic mass is 10.0. The fraction of sp³-hybridized carbons (Fsp3) is 0.533. The van der Waals surface area contributed by atoms with Gasteiger partial charge in [0.1, 0.15) is 11.6 Å². The van der Waals surface area contributed by atoms with Crippen LogP contribution in [-0.2, 0) is 0 Å². The van der Waals surface area contributed by atoms with Crippen LogP contribution in [0.1, 0.15) is 38.2 Å². The Kier molecular flexibility index (Phi) is 7.34. The van der Waals surface area contributed by atoms with E-state index < -0.39 is 11.6 Å². The highest BCUT2D eigenvalue weighted by Crippen LogP contribution is 2.21. The second-order valence-corrected chi connectivity index (χ2v) is 5.21. The monoisotopic (exact) mass is 409 g/mol. The van der Waals surface area contributed by atoms with Gasteiger partial charge in [-0.25, -0.2) is 8.78 Å². The van der Waals surface area contributed by atoms with E-state index in [0.717, 1.165) is 18.6 Å². The fourth-order valence-electron chi connectivity index (χ4n) is 1.97. The molecule has 1 aromatic carbocycles. The molecule has 2 N–H and O–H groups in total. The van der Waals surface area contributed by atoms with E-state index in [-0.39, 0.29) is 29.9 Å². The SMILES string of the molecule is CCNC(=NCC(C)c1ccc(F)cc1F)NC1CC1.I. The summed E-state index contributed by atoms with van der Waals surface area (Å²) in [6, 6.07) is 4.22. The zero-order chi connectivity index (χ0) is 14.5. The molecule has 0 saturated heterocycles. The average Bonchev–Trinajstić information content (AvgIpc) is 3.20. The van der Waals surface area contributed by atoms with E-state index in [9.17, 15) is 8.78 Å². The number of nitrogens with one attached hydrogen (secondary N) is 2. The van der Waals surface area contributed by atoms with E-state index in [1.54, 1.807) is 0 Å². The van der Waals surface area contributed by atoms with Crippen LogP contribution in [0.25, 0.3) is 0 Å². The van der Waals surface area contributed by atoms with Gasteiger partial charge in [-0.2, -0.15) is 0 Å². The first kappa shape index (κ1) is 18.1. The molecule has 1 fully saturated rings. The van der Waals surface area contributed by atoms with Crippen molar-refractivity contribution in [1.29, 1.82) is 0 Å². The van der Waals surface area contributed by atoms with Crippen LogP contribution in [0.15, 0.2) is 23.2 Å². The lowest BCUT2D eigenvalue weighted by Crippen LogP contribution is -2.38. The topological polar surface area (TPSA) is 36.4 Å². The standard InChI is InChI=1S/C15H21F2N3.HI/c1-3-18-15(20-12-5-6-12)19-9-10(2)13-7-4-11(16)8-14(13)17;/h4,7-8,10,12H,3,5-6,9H2,1-2H3,(H2,18,19,20);1H. The van der Waals surface area contributed by atoms with Crippen LogP contribution in [0.4, 0.5) is 8.78 Å². The van der Waals surface area contributed by atoms with Crippen LogP contribution >= 0.6 is 24.0 Å². The van der Waals surface area contributed by atoms with Crippen molar-refractivity contribution in [3.8, 4) is 0 Å². The third-order valence-electron chi connectivity index (χ3n) is 3.28. The van der Waals surface area contributed by atoms with E-state index in [0.29, 0.717) is 18.2 Å². The number of hydrogen-bond acceptors (Lipinski definition) is 1. The smallest absolute Gasteiger partial charge is 0.191 e. The van der Waals surface area contributed by atoms with Crippen molar-refractivity contribution in [1.82, 2.24) is 10.6 Å². The van der Waals surface area contributed by atoms with Gasteiger partial charge in [-0.1, -0.05) is 13.0 Å². The van der Waals surface area contributed by atoms with E-state index in [1.807, 2.05) is 13.8 Å². The quantitative estimate of drug-likeness (QED) is 0.445. The van der Waals surface area contributed by atoms with Crippen LogP contribution in [0.3, 0.4) is 0 Å². The summed E-state index contributed by atoms with van der Waals surface area (Å²) in [5.74, 6) is -0.381. The molecule has 3 nitrogen and oxygen atoms in total. The summed E-state index contributed by atoms with van der Waals surface area (Å²) in [6.07, 6.45) is 2.35. The minimum atomic E-state index is -0.550. The van der Waals surface area contributed by atoms with Gasteiger partial charge in [-0.3, -0.25) is 4.99 Å². The molecule has 1 aliphatic rings. The molecular weight excluding hydrogens is 387 g/mol. The number of benzene rings is 1. The molecule has 1 atom stereocenters. The molecule has 0 amide bonds. The maximum Gasteiger partial charge on any atom is 0.191 e. The fourth-order valence-corrected chi connectivity index (χ4v) is 1.97. The molecule has 1 aliphatic carbocycles. The zero-order valence-corrected chi connectivity index (χ0v) is 14.7. The van der Waals surface area contributed by atoms with Crippen LogP contribution in [0.5, 0.6) is 0 Å². The summed E-state index contributed by atoms with van der Waals surface area (Å²) in [5, 5.41) is 6.48. The molecule has 0 heterocycles. The Morgan fingerprint density at radius 2 is 2.10 bits per heavy atom. The summed E-state index contributed by atoms with van der Waals surface area (Å²) in [5.41, 5.74) is 0.498. The van der Waals surface area contributed by atoms with Gasteiger partial charge in [0.25, 0.3) is 0 Å². The van der Waals surface area contributed by atoms with Crippen LogP contribution < -0.4 is 10.6 Å². The maximum absolute atomic E-state index is 13.7. The third kappa shape index (κ3) is 5.76. The Morgan fingerprint density at radius 3 is 2.67 bits per heavy atom. The second-order valence-electron chi connectivity index (χ2n) is 5.21. The minimum Gasteiger partial charge on any atom is -0.357 e. The predicted molar refractivity (Wildman–Crippen MR) is 92.3 cm³/mol. The van der Waals surface area contributed by atoms with Crippen molar-refractivity contribution < 1.29 is 8.78 Å². The molecule has 0 bridgehead atoms. The molecule has 2 rings (SSSR count). The van der Waals surface area contributed by atoms with Crippen molar-refractivity contribution in [2.45, 2.75) is 38.6 Å². The molecule has 0 aliphatic heterocycles. The molecule has 0 aromatic heterocycles. The number of nitrogens with zero attached hydrogens (tertiary/aromatic N) is 1. The Hall–Kier alpha value is -0.920. The minimum absolute atomic E-state index is 0. The van der Waals surface area contributed by atoms with Gasteiger partial charge < -0.3 is 10.6 Å². The zero-order valence-electron chi connectivity index (χ0n) is 12.3. The molecule has 21 heavy (non-hydrogen) atoms. The molecule has 1 aromatic rings. The van der Waals surface area contributed by atoms with Crippen molar-refractivity contribution in [2.24, 2.45) is 4.99 Å². The average molecular weight is 409 g/mol. The van der Waals surface area contributed by atoms with Crippen molar-refractivity contribution in [3.63, 3.8) is 0 Å². The van der Waals surface area contributed by atoms with Crippen LogP contribution in [-0.4, -0.2) is 25.1 Å². The molecule has 118 valence electrons. The number of rotatable bonds is 5. The molecule has 0 radical (unpaired) electrons. The normalized spacial score (nSPS) is 16.1. The van der Waals surface area contributed by atoms with Crippen molar-refractivity contribution in [2.75, 3.05) is 13.1 Å². The highest BCUT2D eigenvalue weighted by atomic mass is 127. The lowest BCUT2D eigenvalue weighted by Gasteiger charge is -2.14. The van der Waals surface area contributed by atoms with Gasteiger partial charge in [-0.15, -0.1) is 24.0 Å². The number of halogens is 3. The molecule has 6 heteroatoms. The second kappa shape index (κ2) is 8.51. The van der Waals surface area contributed by atoms with Gasteiger partial charge in [0.2, 0.25) is 0 Å². The van der Waals surface area contributed by atoms with E-state index in [2.05, 4.69) is 15.6 Å². The summed E-state index contributed by atoms with van der Waals surface area (Å²) in [4.78, 5) is 4.47. The first-order valence-corrected chi connectivity index (χ1v) is 7.10. The van der Waals surface area contributed by atoms with E-state index in [1.165, 1.54) is 25.0 Å². The largest absolute Gasteiger partial charge is 0.357 e. The molecule has 1 saturated carbocycles. The van der Waals surface area contributed by atoms with Crippen molar-refractivity contribution in [3.05, 3.63) is 35.4 Å². The molecular formula is C15H22F2IN3. The predicted octanol–water partition coefficient (Wildman–Crippen LogP) is 3.40. The third-order valence-corrected chi connectivity index (χ3v) is 3.28. The summed E-state index contributed by atoms with van der Waals surface area (Å²) in [7, 11) is 0. The number of guanidine groups is 1. The highest BCUT2D eigenvalue weighted by Gasteiger charge is 2.22.